The molecule has 0 radical (unpaired) electrons. The number of benzene rings is 2. The van der Waals surface area contributed by atoms with E-state index in [-0.39, 0.29) is 50.2 Å². The molecule has 0 bridgehead atoms. The van der Waals surface area contributed by atoms with Crippen molar-refractivity contribution in [3.05, 3.63) is 113 Å². The van der Waals surface area contributed by atoms with Crippen LogP contribution in [0.4, 0.5) is 26.3 Å². The Morgan fingerprint density at radius 2 is 1.02 bits per heavy atom. The van der Waals surface area contributed by atoms with Gasteiger partial charge in [-0.1, -0.05) is 0 Å². The molecular formula is C37H26F6N6O10. The molecule has 22 heteroatoms. The summed E-state index contributed by atoms with van der Waals surface area (Å²) in [5.74, 6) is -2.01. The number of aromatic hydroxyl groups is 2. The molecule has 6 aromatic heterocycles. The summed E-state index contributed by atoms with van der Waals surface area (Å²) < 4.78 is 97.7. The molecule has 0 unspecified atom stereocenters. The van der Waals surface area contributed by atoms with Gasteiger partial charge in [0.1, 0.15) is 45.1 Å². The van der Waals surface area contributed by atoms with Crippen LogP contribution in [0, 0.1) is 20.8 Å². The van der Waals surface area contributed by atoms with Crippen molar-refractivity contribution in [2.24, 2.45) is 14.1 Å². The molecule has 0 saturated heterocycles. The molecule has 16 nitrogen and oxygen atoms in total. The van der Waals surface area contributed by atoms with Crippen molar-refractivity contribution in [3.8, 4) is 34.4 Å². The highest BCUT2D eigenvalue weighted by Crippen LogP contribution is 2.34. The van der Waals surface area contributed by atoms with Crippen molar-refractivity contribution in [2.75, 3.05) is 0 Å². The second-order valence-corrected chi connectivity index (χ2v) is 12.9. The third-order valence-electron chi connectivity index (χ3n) is 9.01. The molecule has 0 aliphatic carbocycles. The Morgan fingerprint density at radius 1 is 0.610 bits per heavy atom. The first kappa shape index (κ1) is 39.7. The molecule has 8 aromatic rings. The number of hydrogen-bond donors (Lipinski definition) is 2. The molecule has 0 atom stereocenters. The summed E-state index contributed by atoms with van der Waals surface area (Å²) >= 11 is 0. The number of nitrogens with zero attached hydrogens (tertiary/aromatic N) is 6. The lowest BCUT2D eigenvalue weighted by molar-refractivity contribution is -0.275. The summed E-state index contributed by atoms with van der Waals surface area (Å²) in [7, 11) is 3.11. The average molecular weight is 829 g/mol. The number of pyridine rings is 2. The average Bonchev–Trinajstić information content (AvgIpc) is 3.59. The molecule has 0 aliphatic rings. The third kappa shape index (κ3) is 6.97. The zero-order chi connectivity index (χ0) is 43.0. The number of aryl methyl sites for hydroxylation is 4. The molecule has 2 aromatic carbocycles. The van der Waals surface area contributed by atoms with Gasteiger partial charge in [-0.15, -0.1) is 26.3 Å². The lowest BCUT2D eigenvalue weighted by Gasteiger charge is -2.13. The van der Waals surface area contributed by atoms with Crippen LogP contribution in [0.3, 0.4) is 0 Å². The molecular weight excluding hydrogens is 802 g/mol. The fraction of sp³-hybridized carbons (Fsp3) is 0.189. The Hall–Kier alpha value is -7.52. The van der Waals surface area contributed by atoms with Crippen LogP contribution in [0.5, 0.6) is 23.0 Å². The van der Waals surface area contributed by atoms with E-state index in [2.05, 4.69) is 19.7 Å². The molecule has 59 heavy (non-hydrogen) atoms. The van der Waals surface area contributed by atoms with Gasteiger partial charge < -0.3 is 28.5 Å². The monoisotopic (exact) mass is 828 g/mol. The summed E-state index contributed by atoms with van der Waals surface area (Å²) in [6.07, 6.45) is -9.70. The molecule has 6 heterocycles. The highest BCUT2D eigenvalue weighted by atomic mass is 19.4. The number of aromatic nitrogens is 6. The third-order valence-corrected chi connectivity index (χ3v) is 9.01. The first-order valence-corrected chi connectivity index (χ1v) is 16.8. The van der Waals surface area contributed by atoms with E-state index in [0.717, 1.165) is 34.9 Å². The largest absolute Gasteiger partial charge is 0.573 e. The molecule has 0 amide bonds. The van der Waals surface area contributed by atoms with Gasteiger partial charge in [-0.3, -0.25) is 28.1 Å². The van der Waals surface area contributed by atoms with Crippen molar-refractivity contribution < 1.29 is 54.9 Å². The van der Waals surface area contributed by atoms with E-state index in [4.69, 9.17) is 8.83 Å². The van der Waals surface area contributed by atoms with Crippen molar-refractivity contribution >= 4 is 44.0 Å². The lowest BCUT2D eigenvalue weighted by atomic mass is 10.1. The fourth-order valence-corrected chi connectivity index (χ4v) is 6.68. The quantitative estimate of drug-likeness (QED) is 0.203. The normalized spacial score (nSPS) is 12.1. The highest BCUT2D eigenvalue weighted by Gasteiger charge is 2.32. The van der Waals surface area contributed by atoms with Crippen LogP contribution >= 0.6 is 0 Å². The predicted octanol–water partition coefficient (Wildman–Crippen LogP) is 5.79. The Kier molecular flexibility index (Phi) is 9.32. The number of fused-ring (bicyclic) bond motifs is 6. The minimum absolute atomic E-state index is 0.109. The maximum atomic E-state index is 13.3. The van der Waals surface area contributed by atoms with Crippen molar-refractivity contribution in [2.45, 2.75) is 33.5 Å². The minimum Gasteiger partial charge on any atom is -0.507 e. The van der Waals surface area contributed by atoms with Gasteiger partial charge in [0, 0.05) is 14.1 Å². The fourth-order valence-electron chi connectivity index (χ4n) is 6.68. The summed E-state index contributed by atoms with van der Waals surface area (Å²) in [5.41, 5.74) is -1.74. The molecule has 306 valence electrons. The van der Waals surface area contributed by atoms with E-state index < -0.39 is 58.1 Å². The summed E-state index contributed by atoms with van der Waals surface area (Å²) in [6.45, 7) is 4.57. The Labute approximate surface area is 322 Å². The van der Waals surface area contributed by atoms with Crippen molar-refractivity contribution in [1.82, 2.24) is 28.7 Å². The zero-order valence-corrected chi connectivity index (χ0v) is 30.8. The van der Waals surface area contributed by atoms with Crippen LogP contribution in [-0.4, -0.2) is 51.6 Å². The molecule has 0 saturated carbocycles. The van der Waals surface area contributed by atoms with Crippen LogP contribution in [0.25, 0.3) is 55.4 Å². The highest BCUT2D eigenvalue weighted by molar-refractivity contribution is 6.06. The molecule has 8 rings (SSSR count). The van der Waals surface area contributed by atoms with Crippen LogP contribution in [-0.2, 0) is 14.1 Å². The van der Waals surface area contributed by atoms with Crippen molar-refractivity contribution in [1.29, 1.82) is 0 Å². The van der Waals surface area contributed by atoms with E-state index in [1.165, 1.54) is 45.1 Å². The maximum absolute atomic E-state index is 13.3. The summed E-state index contributed by atoms with van der Waals surface area (Å²) in [6, 6.07) is 10.0. The Morgan fingerprint density at radius 3 is 1.44 bits per heavy atom. The standard InChI is InChI=1S/C19H14F3N3O5.C18H12F3N3O5/c1-8-14(26)13-15(29-18(8)28)12-9(2)23-24(3)16(12)25(17(13)27)10-4-6-11(7-5-10)30-19(20,21)22;1-8-13-15-14(11(25)7-12(26)28-15)17(27)24(16(13)23(2)22-8)9-3-5-10(6-4-9)29-18(19,20)21/h4-7,26H,1-3H3;3-7,25H,1-2H3. The predicted molar refractivity (Wildman–Crippen MR) is 196 cm³/mol. The van der Waals surface area contributed by atoms with Crippen LogP contribution in [0.15, 0.2) is 82.6 Å². The molecule has 0 fully saturated rings. The van der Waals surface area contributed by atoms with Gasteiger partial charge in [0.25, 0.3) is 11.1 Å². The number of alkyl halides is 6. The van der Waals surface area contributed by atoms with Crippen LogP contribution in [0.1, 0.15) is 17.0 Å². The molecule has 0 spiro atoms. The number of hydrogen-bond acceptors (Lipinski definition) is 12. The topological polar surface area (TPSA) is 199 Å². The van der Waals surface area contributed by atoms with E-state index in [1.807, 2.05) is 0 Å². The van der Waals surface area contributed by atoms with Crippen molar-refractivity contribution in [3.63, 3.8) is 0 Å². The second kappa shape index (κ2) is 13.8. The summed E-state index contributed by atoms with van der Waals surface area (Å²) in [4.78, 5) is 50.2. The minimum atomic E-state index is -4.85. The number of halogens is 6. The van der Waals surface area contributed by atoms with Gasteiger partial charge in [-0.25, -0.2) is 9.59 Å². The van der Waals surface area contributed by atoms with Crippen LogP contribution < -0.4 is 31.8 Å². The first-order valence-electron chi connectivity index (χ1n) is 16.8. The SMILES string of the molecule is Cc1c(O)c2c(=O)n(-c3ccc(OC(F)(F)F)cc3)c3c(c(C)nn3C)c2oc1=O.Cc1nn(C)c2c1c1oc(=O)cc(O)c1c(=O)n2-c1ccc(OC(F)(F)F)cc1. The van der Waals surface area contributed by atoms with Gasteiger partial charge in [0.2, 0.25) is 0 Å². The summed E-state index contributed by atoms with van der Waals surface area (Å²) in [5, 5.41) is 29.3. The van der Waals surface area contributed by atoms with Gasteiger partial charge in [0.05, 0.1) is 45.2 Å². The van der Waals surface area contributed by atoms with Gasteiger partial charge in [-0.05, 0) is 69.3 Å². The van der Waals surface area contributed by atoms with Gasteiger partial charge in [-0.2, -0.15) is 10.2 Å². The lowest BCUT2D eigenvalue weighted by Crippen LogP contribution is -2.22. The van der Waals surface area contributed by atoms with Gasteiger partial charge >= 0.3 is 24.0 Å². The van der Waals surface area contributed by atoms with Gasteiger partial charge in [0.15, 0.2) is 11.2 Å². The Bertz CT molecular complexity index is 3250. The van der Waals surface area contributed by atoms with E-state index >= 15 is 0 Å². The molecule has 0 aliphatic heterocycles. The second-order valence-electron chi connectivity index (χ2n) is 12.9. The van der Waals surface area contributed by atoms with E-state index in [9.17, 15) is 55.7 Å². The number of ether oxygens (including phenoxy) is 2. The maximum Gasteiger partial charge on any atom is 0.573 e. The number of rotatable bonds is 4. The zero-order valence-electron chi connectivity index (χ0n) is 30.8. The van der Waals surface area contributed by atoms with E-state index in [0.29, 0.717) is 22.2 Å². The smallest absolute Gasteiger partial charge is 0.507 e. The first-order chi connectivity index (χ1) is 27.6. The van der Waals surface area contributed by atoms with Crippen LogP contribution in [0.2, 0.25) is 0 Å². The Balaban J connectivity index is 0.000000179. The molecule has 2 N–H and O–H groups in total. The van der Waals surface area contributed by atoms with E-state index in [1.54, 1.807) is 27.9 Å².